The van der Waals surface area contributed by atoms with Gasteiger partial charge in [0.1, 0.15) is 0 Å². The van der Waals surface area contributed by atoms with E-state index in [9.17, 15) is 14.4 Å². The van der Waals surface area contributed by atoms with Gasteiger partial charge in [-0.05, 0) is 12.5 Å². The van der Waals surface area contributed by atoms with Crippen molar-refractivity contribution in [1.29, 1.82) is 0 Å². The molecule has 1 aliphatic rings. The van der Waals surface area contributed by atoms with Crippen molar-refractivity contribution < 1.29 is 42.8 Å². The quantitative estimate of drug-likeness (QED) is 0.424. The van der Waals surface area contributed by atoms with E-state index in [1.807, 2.05) is 0 Å². The van der Waals surface area contributed by atoms with Crippen molar-refractivity contribution in [3.05, 3.63) is 12.2 Å². The summed E-state index contributed by atoms with van der Waals surface area (Å²) < 4.78 is 28.0. The molecular weight excluding hydrogens is 300 g/mol. The molecular formula is C13H18O9. The van der Waals surface area contributed by atoms with E-state index >= 15 is 0 Å². The number of carbonyl (C=O) groups is 3. The number of ether oxygens (including phenoxy) is 6. The van der Waals surface area contributed by atoms with Gasteiger partial charge in [0.2, 0.25) is 0 Å². The van der Waals surface area contributed by atoms with Crippen LogP contribution in [0.2, 0.25) is 0 Å². The van der Waals surface area contributed by atoms with Crippen LogP contribution in [0.4, 0.5) is 14.4 Å². The van der Waals surface area contributed by atoms with Crippen LogP contribution in [-0.4, -0.2) is 58.6 Å². The first-order chi connectivity index (χ1) is 10.5. The Bertz CT molecular complexity index is 431. The zero-order valence-corrected chi connectivity index (χ0v) is 12.5. The molecule has 124 valence electrons. The van der Waals surface area contributed by atoms with Crippen LogP contribution < -0.4 is 0 Å². The Balaban J connectivity index is 2.61. The fourth-order valence-corrected chi connectivity index (χ4v) is 1.89. The molecule has 0 aromatic carbocycles. The first kappa shape index (κ1) is 17.6. The Kier molecular flexibility index (Phi) is 7.00. The lowest BCUT2D eigenvalue weighted by Gasteiger charge is -2.24. The Morgan fingerprint density at radius 3 is 2.05 bits per heavy atom. The molecule has 0 saturated carbocycles. The van der Waals surface area contributed by atoms with Crippen molar-refractivity contribution in [1.82, 2.24) is 0 Å². The molecule has 0 spiro atoms. The highest BCUT2D eigenvalue weighted by Crippen LogP contribution is 2.28. The van der Waals surface area contributed by atoms with Crippen LogP contribution >= 0.6 is 0 Å². The third-order valence-electron chi connectivity index (χ3n) is 2.93. The average molecular weight is 318 g/mol. The van der Waals surface area contributed by atoms with Crippen LogP contribution in [0.5, 0.6) is 0 Å². The lowest BCUT2D eigenvalue weighted by molar-refractivity contribution is -0.0425. The summed E-state index contributed by atoms with van der Waals surface area (Å²) in [5.74, 6) is -0.321. The highest BCUT2D eigenvalue weighted by Gasteiger charge is 2.38. The maximum Gasteiger partial charge on any atom is 0.508 e. The van der Waals surface area contributed by atoms with Crippen LogP contribution in [0.15, 0.2) is 12.2 Å². The summed E-state index contributed by atoms with van der Waals surface area (Å²) in [6.07, 6.45) is -0.633. The van der Waals surface area contributed by atoms with Crippen LogP contribution in [0.1, 0.15) is 6.42 Å². The lowest BCUT2D eigenvalue weighted by Crippen LogP contribution is -2.36. The third kappa shape index (κ3) is 5.15. The first-order valence-electron chi connectivity index (χ1n) is 6.40. The highest BCUT2D eigenvalue weighted by molar-refractivity contribution is 5.62. The molecule has 0 N–H and O–H groups in total. The van der Waals surface area contributed by atoms with Gasteiger partial charge in [0.15, 0.2) is 12.2 Å². The molecule has 0 aliphatic heterocycles. The van der Waals surface area contributed by atoms with E-state index < -0.39 is 30.7 Å². The number of hydrogen-bond donors (Lipinski definition) is 0. The van der Waals surface area contributed by atoms with Gasteiger partial charge in [0.25, 0.3) is 0 Å². The van der Waals surface area contributed by atoms with Gasteiger partial charge in [-0.1, -0.05) is 6.08 Å². The standard InChI is InChI=1S/C13H18O9/c1-17-11(14)20-7-6-8-4-5-9(21-12(15)18-2)10(8)22-13(16)19-3/h4-5,8-10H,6-7H2,1-3H3/t8-,9+,10+/m0/s1. The van der Waals surface area contributed by atoms with Crippen molar-refractivity contribution >= 4 is 18.5 Å². The fraction of sp³-hybridized carbons (Fsp3) is 0.615. The zero-order valence-electron chi connectivity index (χ0n) is 12.5. The maximum absolute atomic E-state index is 11.3. The topological polar surface area (TPSA) is 107 Å². The molecule has 3 atom stereocenters. The van der Waals surface area contributed by atoms with E-state index in [1.165, 1.54) is 14.2 Å². The summed E-state index contributed by atoms with van der Waals surface area (Å²) in [5.41, 5.74) is 0. The van der Waals surface area contributed by atoms with Gasteiger partial charge in [-0.3, -0.25) is 0 Å². The molecule has 9 heteroatoms. The molecule has 9 nitrogen and oxygen atoms in total. The molecule has 0 radical (unpaired) electrons. The lowest BCUT2D eigenvalue weighted by atomic mass is 10.0. The van der Waals surface area contributed by atoms with Gasteiger partial charge in [-0.15, -0.1) is 0 Å². The van der Waals surface area contributed by atoms with Gasteiger partial charge >= 0.3 is 18.5 Å². The molecule has 0 aromatic rings. The van der Waals surface area contributed by atoms with Crippen molar-refractivity contribution in [2.75, 3.05) is 27.9 Å². The van der Waals surface area contributed by atoms with Crippen LogP contribution in [0, 0.1) is 5.92 Å². The van der Waals surface area contributed by atoms with Gasteiger partial charge < -0.3 is 28.4 Å². The smallest absolute Gasteiger partial charge is 0.438 e. The van der Waals surface area contributed by atoms with E-state index in [2.05, 4.69) is 14.2 Å². The second-order valence-corrected chi connectivity index (χ2v) is 4.21. The normalized spacial score (nSPS) is 22.6. The van der Waals surface area contributed by atoms with Crippen LogP contribution in [0.25, 0.3) is 0 Å². The van der Waals surface area contributed by atoms with Crippen LogP contribution in [-0.2, 0) is 28.4 Å². The summed E-state index contributed by atoms with van der Waals surface area (Å²) in [5, 5.41) is 0. The average Bonchev–Trinajstić information content (AvgIpc) is 2.88. The zero-order chi connectivity index (χ0) is 16.5. The molecule has 1 rings (SSSR count). The minimum Gasteiger partial charge on any atom is -0.438 e. The number of methoxy groups -OCH3 is 3. The second kappa shape index (κ2) is 8.75. The second-order valence-electron chi connectivity index (χ2n) is 4.21. The van der Waals surface area contributed by atoms with Gasteiger partial charge in [0, 0.05) is 5.92 Å². The Labute approximate surface area is 127 Å². The van der Waals surface area contributed by atoms with E-state index in [-0.39, 0.29) is 12.5 Å². The minimum atomic E-state index is -0.911. The van der Waals surface area contributed by atoms with Crippen molar-refractivity contribution in [2.24, 2.45) is 5.92 Å². The Morgan fingerprint density at radius 2 is 1.45 bits per heavy atom. The first-order valence-corrected chi connectivity index (χ1v) is 6.40. The van der Waals surface area contributed by atoms with E-state index in [4.69, 9.17) is 14.2 Å². The van der Waals surface area contributed by atoms with E-state index in [0.29, 0.717) is 6.42 Å². The monoisotopic (exact) mass is 318 g/mol. The molecule has 0 aromatic heterocycles. The Morgan fingerprint density at radius 1 is 0.864 bits per heavy atom. The summed E-state index contributed by atoms with van der Waals surface area (Å²) in [7, 11) is 3.52. The van der Waals surface area contributed by atoms with E-state index in [1.54, 1.807) is 12.2 Å². The molecule has 22 heavy (non-hydrogen) atoms. The summed E-state index contributed by atoms with van der Waals surface area (Å²) >= 11 is 0. The van der Waals surface area contributed by atoms with Crippen molar-refractivity contribution in [3.8, 4) is 0 Å². The number of rotatable bonds is 5. The predicted molar refractivity (Wildman–Crippen MR) is 70.2 cm³/mol. The summed E-state index contributed by atoms with van der Waals surface area (Å²) in [6, 6.07) is 0. The molecule has 1 aliphatic carbocycles. The van der Waals surface area contributed by atoms with Gasteiger partial charge in [0.05, 0.1) is 27.9 Å². The molecule has 0 saturated heterocycles. The molecule has 0 amide bonds. The molecule has 0 unspecified atom stereocenters. The molecule has 0 heterocycles. The summed E-state index contributed by atoms with van der Waals surface area (Å²) in [4.78, 5) is 33.4. The summed E-state index contributed by atoms with van der Waals surface area (Å²) in [6.45, 7) is 0.0493. The maximum atomic E-state index is 11.3. The van der Waals surface area contributed by atoms with Gasteiger partial charge in [-0.2, -0.15) is 0 Å². The van der Waals surface area contributed by atoms with Crippen LogP contribution in [0.3, 0.4) is 0 Å². The van der Waals surface area contributed by atoms with E-state index in [0.717, 1.165) is 7.11 Å². The SMILES string of the molecule is COC(=O)OCC[C@@H]1C=C[C@@H](OC(=O)OC)[C@@H]1OC(=O)OC. The number of carbonyl (C=O) groups excluding carboxylic acids is 3. The predicted octanol–water partition coefficient (Wildman–Crippen LogP) is 1.65. The van der Waals surface area contributed by atoms with Gasteiger partial charge in [-0.25, -0.2) is 14.4 Å². The Hall–Kier alpha value is -2.45. The minimum absolute atomic E-state index is 0.0493. The third-order valence-corrected chi connectivity index (χ3v) is 2.93. The van der Waals surface area contributed by atoms with Crippen molar-refractivity contribution in [2.45, 2.75) is 18.6 Å². The largest absolute Gasteiger partial charge is 0.508 e. The van der Waals surface area contributed by atoms with Crippen molar-refractivity contribution in [3.63, 3.8) is 0 Å². The fourth-order valence-electron chi connectivity index (χ4n) is 1.89. The molecule has 0 bridgehead atoms. The number of hydrogen-bond acceptors (Lipinski definition) is 9. The molecule has 0 fully saturated rings. The highest BCUT2D eigenvalue weighted by atomic mass is 16.8.